The van der Waals surface area contributed by atoms with E-state index in [0.717, 1.165) is 18.5 Å². The van der Waals surface area contributed by atoms with Gasteiger partial charge >= 0.3 is 0 Å². The second-order valence-corrected chi connectivity index (χ2v) is 7.44. The molecule has 150 valence electrons. The number of hydrogen-bond donors (Lipinski definition) is 1. The molecule has 0 bridgehead atoms. The number of carbonyl (C=O) groups excluding carboxylic acids is 2. The van der Waals surface area contributed by atoms with Crippen LogP contribution in [-0.2, 0) is 11.2 Å². The molecule has 2 aromatic rings. The highest BCUT2D eigenvalue weighted by atomic mass is 16.2. The van der Waals surface area contributed by atoms with Gasteiger partial charge in [0.15, 0.2) is 0 Å². The van der Waals surface area contributed by atoms with Crippen LogP contribution in [0.4, 0.5) is 0 Å². The van der Waals surface area contributed by atoms with Gasteiger partial charge in [-0.15, -0.1) is 0 Å². The lowest BCUT2D eigenvalue weighted by Crippen LogP contribution is -2.33. The van der Waals surface area contributed by atoms with Crippen molar-refractivity contribution in [2.45, 2.75) is 33.1 Å². The van der Waals surface area contributed by atoms with Gasteiger partial charge < -0.3 is 9.80 Å². The number of carbonyl (C=O) groups is 2. The maximum atomic E-state index is 12.7. The Kier molecular flexibility index (Phi) is 6.02. The Morgan fingerprint density at radius 1 is 1.21 bits per heavy atom. The lowest BCUT2D eigenvalue weighted by molar-refractivity contribution is -0.127. The molecule has 2 amide bonds. The quantitative estimate of drug-likeness (QED) is 0.794. The minimum Gasteiger partial charge on any atom is -0.343 e. The Morgan fingerprint density at radius 2 is 1.93 bits per heavy atom. The summed E-state index contributed by atoms with van der Waals surface area (Å²) in [7, 11) is 1.77. The number of rotatable bonds is 7. The third-order valence-electron chi connectivity index (χ3n) is 5.22. The average Bonchev–Trinajstić information content (AvgIpc) is 3.23. The number of likely N-dealkylation sites (tertiary alicyclic amines) is 1. The molecule has 28 heavy (non-hydrogen) atoms. The predicted octanol–water partition coefficient (Wildman–Crippen LogP) is 2.06. The van der Waals surface area contributed by atoms with Crippen molar-refractivity contribution in [2.75, 3.05) is 26.7 Å². The smallest absolute Gasteiger partial charge is 0.271 e. The summed E-state index contributed by atoms with van der Waals surface area (Å²) >= 11 is 0. The number of aryl methyl sites for hydroxylation is 1. The molecule has 0 saturated carbocycles. The molecule has 0 radical (unpaired) electrons. The van der Waals surface area contributed by atoms with Crippen molar-refractivity contribution in [1.29, 1.82) is 0 Å². The summed E-state index contributed by atoms with van der Waals surface area (Å²) in [5.74, 6) is 0.256. The van der Waals surface area contributed by atoms with Gasteiger partial charge in [-0.25, -0.2) is 4.68 Å². The van der Waals surface area contributed by atoms with E-state index in [0.29, 0.717) is 37.3 Å². The number of aromatic amines is 1. The molecule has 2 heterocycles. The largest absolute Gasteiger partial charge is 0.343 e. The van der Waals surface area contributed by atoms with Crippen LogP contribution in [0.3, 0.4) is 0 Å². The van der Waals surface area contributed by atoms with E-state index in [1.54, 1.807) is 42.3 Å². The van der Waals surface area contributed by atoms with Crippen LogP contribution < -0.4 is 5.56 Å². The van der Waals surface area contributed by atoms with E-state index in [2.05, 4.69) is 12.0 Å². The first-order valence-electron chi connectivity index (χ1n) is 9.87. The second-order valence-electron chi connectivity index (χ2n) is 7.44. The molecule has 7 heteroatoms. The van der Waals surface area contributed by atoms with Crippen molar-refractivity contribution in [1.82, 2.24) is 19.6 Å². The zero-order chi connectivity index (χ0) is 20.3. The number of amides is 2. The van der Waals surface area contributed by atoms with Gasteiger partial charge in [0.25, 0.3) is 11.5 Å². The fourth-order valence-corrected chi connectivity index (χ4v) is 3.76. The van der Waals surface area contributed by atoms with Crippen LogP contribution in [0.15, 0.2) is 35.1 Å². The van der Waals surface area contributed by atoms with Crippen LogP contribution >= 0.6 is 0 Å². The number of nitrogens with zero attached hydrogens (tertiary/aromatic N) is 3. The standard InChI is InChI=1S/C21H28N4O3/c1-4-6-17-12-20(27)25(22-17)18-9-7-16(8-10-18)21(28)23(3)13-15-11-19(26)24(5-2)14-15/h7-10,12,15,22H,4-6,11,13-14H2,1-3H3. The highest BCUT2D eigenvalue weighted by Gasteiger charge is 2.30. The predicted molar refractivity (Wildman–Crippen MR) is 108 cm³/mol. The van der Waals surface area contributed by atoms with Gasteiger partial charge in [-0.3, -0.25) is 19.5 Å². The summed E-state index contributed by atoms with van der Waals surface area (Å²) in [5, 5.41) is 3.10. The molecule has 1 N–H and O–H groups in total. The number of nitrogens with one attached hydrogen (secondary N) is 1. The monoisotopic (exact) mass is 384 g/mol. The molecule has 1 aliphatic heterocycles. The van der Waals surface area contributed by atoms with Crippen LogP contribution in [0.25, 0.3) is 5.69 Å². The normalized spacial score (nSPS) is 16.6. The minimum atomic E-state index is -0.106. The van der Waals surface area contributed by atoms with Crippen LogP contribution in [0.1, 0.15) is 42.7 Å². The van der Waals surface area contributed by atoms with Crippen LogP contribution in [-0.4, -0.2) is 58.1 Å². The molecule has 1 aromatic carbocycles. The Morgan fingerprint density at radius 3 is 2.54 bits per heavy atom. The first-order chi connectivity index (χ1) is 13.4. The molecule has 7 nitrogen and oxygen atoms in total. The van der Waals surface area contributed by atoms with Crippen molar-refractivity contribution in [2.24, 2.45) is 5.92 Å². The van der Waals surface area contributed by atoms with E-state index in [4.69, 9.17) is 0 Å². The third-order valence-corrected chi connectivity index (χ3v) is 5.22. The van der Waals surface area contributed by atoms with Crippen molar-refractivity contribution < 1.29 is 9.59 Å². The van der Waals surface area contributed by atoms with Crippen molar-refractivity contribution >= 4 is 11.8 Å². The van der Waals surface area contributed by atoms with Crippen LogP contribution in [0.5, 0.6) is 0 Å². The number of hydrogen-bond acceptors (Lipinski definition) is 3. The van der Waals surface area contributed by atoms with Gasteiger partial charge in [-0.2, -0.15) is 0 Å². The molecule has 1 aromatic heterocycles. The van der Waals surface area contributed by atoms with E-state index in [-0.39, 0.29) is 23.3 Å². The Hall–Kier alpha value is -2.83. The highest BCUT2D eigenvalue weighted by molar-refractivity contribution is 5.94. The van der Waals surface area contributed by atoms with E-state index in [1.807, 2.05) is 11.8 Å². The summed E-state index contributed by atoms with van der Waals surface area (Å²) < 4.78 is 1.49. The third kappa shape index (κ3) is 4.18. The molecule has 0 aliphatic carbocycles. The van der Waals surface area contributed by atoms with Crippen LogP contribution in [0.2, 0.25) is 0 Å². The van der Waals surface area contributed by atoms with E-state index >= 15 is 0 Å². The SMILES string of the molecule is CCCc1cc(=O)n(-c2ccc(C(=O)N(C)CC3CC(=O)N(CC)C3)cc2)[nH]1. The molecule has 1 aliphatic rings. The van der Waals surface area contributed by atoms with Crippen molar-refractivity contribution in [3.63, 3.8) is 0 Å². The molecular formula is C21H28N4O3. The molecule has 1 saturated heterocycles. The first-order valence-corrected chi connectivity index (χ1v) is 9.87. The lowest BCUT2D eigenvalue weighted by Gasteiger charge is -2.21. The average molecular weight is 384 g/mol. The van der Waals surface area contributed by atoms with Gasteiger partial charge in [0.2, 0.25) is 5.91 Å². The lowest BCUT2D eigenvalue weighted by atomic mass is 10.1. The molecule has 0 spiro atoms. The Balaban J connectivity index is 1.66. The number of benzene rings is 1. The fraction of sp³-hybridized carbons (Fsp3) is 0.476. The summed E-state index contributed by atoms with van der Waals surface area (Å²) in [6.45, 7) is 6.01. The fourth-order valence-electron chi connectivity index (χ4n) is 3.76. The Labute approximate surface area is 164 Å². The summed E-state index contributed by atoms with van der Waals surface area (Å²) in [4.78, 5) is 40.2. The van der Waals surface area contributed by atoms with Gasteiger partial charge in [0.05, 0.1) is 5.69 Å². The number of H-pyrrole nitrogens is 1. The second kappa shape index (κ2) is 8.46. The van der Waals surface area contributed by atoms with E-state index < -0.39 is 0 Å². The van der Waals surface area contributed by atoms with Gasteiger partial charge in [-0.1, -0.05) is 13.3 Å². The van der Waals surface area contributed by atoms with Gasteiger partial charge in [0.1, 0.15) is 0 Å². The molecular weight excluding hydrogens is 356 g/mol. The summed E-state index contributed by atoms with van der Waals surface area (Å²) in [6, 6.07) is 8.62. The van der Waals surface area contributed by atoms with Gasteiger partial charge in [0, 0.05) is 56.3 Å². The zero-order valence-electron chi connectivity index (χ0n) is 16.8. The highest BCUT2D eigenvalue weighted by Crippen LogP contribution is 2.19. The first kappa shape index (κ1) is 19.9. The Bertz CT molecular complexity index is 897. The van der Waals surface area contributed by atoms with Gasteiger partial charge in [-0.05, 0) is 37.6 Å². The van der Waals surface area contributed by atoms with Crippen molar-refractivity contribution in [3.8, 4) is 5.69 Å². The molecule has 3 rings (SSSR count). The topological polar surface area (TPSA) is 78.4 Å². The van der Waals surface area contributed by atoms with Crippen molar-refractivity contribution in [3.05, 3.63) is 51.9 Å². The molecule has 1 atom stereocenters. The maximum Gasteiger partial charge on any atom is 0.271 e. The maximum absolute atomic E-state index is 12.7. The molecule has 1 fully saturated rings. The summed E-state index contributed by atoms with van der Waals surface area (Å²) in [5.41, 5.74) is 2.06. The summed E-state index contributed by atoms with van der Waals surface area (Å²) in [6.07, 6.45) is 2.28. The minimum absolute atomic E-state index is 0.0838. The number of aromatic nitrogens is 2. The molecule has 1 unspecified atom stereocenters. The van der Waals surface area contributed by atoms with E-state index in [1.165, 1.54) is 4.68 Å². The van der Waals surface area contributed by atoms with Crippen LogP contribution in [0, 0.1) is 5.92 Å². The zero-order valence-corrected chi connectivity index (χ0v) is 16.8. The van der Waals surface area contributed by atoms with E-state index in [9.17, 15) is 14.4 Å².